The zero-order valence-corrected chi connectivity index (χ0v) is 18.8. The number of piperidine rings is 1. The van der Waals surface area contributed by atoms with Crippen LogP contribution in [0.1, 0.15) is 39.8 Å². The number of para-hydroxylation sites is 1. The Kier molecular flexibility index (Phi) is 5.36. The number of nitrogens with zero attached hydrogens (tertiary/aromatic N) is 2. The molecule has 0 bridgehead atoms. The minimum Gasteiger partial charge on any atom is -0.361 e. The predicted molar refractivity (Wildman–Crippen MR) is 128 cm³/mol. The summed E-state index contributed by atoms with van der Waals surface area (Å²) in [7, 11) is 0. The Hall–Kier alpha value is -2.92. The van der Waals surface area contributed by atoms with Crippen LogP contribution in [0, 0.1) is 13.8 Å². The molecule has 1 N–H and O–H groups in total. The van der Waals surface area contributed by atoms with E-state index in [1.165, 1.54) is 22.0 Å². The van der Waals surface area contributed by atoms with Gasteiger partial charge in [-0.05, 0) is 44.2 Å². The lowest BCUT2D eigenvalue weighted by Crippen LogP contribution is -2.38. The van der Waals surface area contributed by atoms with Crippen molar-refractivity contribution < 1.29 is 4.79 Å². The lowest BCUT2D eigenvalue weighted by Gasteiger charge is -2.32. The van der Waals surface area contributed by atoms with Gasteiger partial charge in [-0.2, -0.15) is 0 Å². The summed E-state index contributed by atoms with van der Waals surface area (Å²) >= 11 is 1.64. The molecule has 0 spiro atoms. The first-order valence-corrected chi connectivity index (χ1v) is 11.8. The molecule has 0 unspecified atom stereocenters. The third-order valence-corrected chi connectivity index (χ3v) is 7.32. The van der Waals surface area contributed by atoms with Crippen molar-refractivity contribution in [1.82, 2.24) is 14.9 Å². The van der Waals surface area contributed by atoms with Gasteiger partial charge in [-0.3, -0.25) is 4.79 Å². The van der Waals surface area contributed by atoms with E-state index in [0.717, 1.165) is 47.1 Å². The number of benzene rings is 2. The third-order valence-electron chi connectivity index (χ3n) is 6.35. The number of fused-ring (bicyclic) bond motifs is 1. The lowest BCUT2D eigenvalue weighted by molar-refractivity contribution is -0.131. The van der Waals surface area contributed by atoms with Gasteiger partial charge in [0.2, 0.25) is 5.91 Å². The van der Waals surface area contributed by atoms with E-state index in [9.17, 15) is 4.79 Å². The zero-order chi connectivity index (χ0) is 21.4. The number of hydrogen-bond acceptors (Lipinski definition) is 3. The Morgan fingerprint density at radius 3 is 2.61 bits per heavy atom. The average molecular weight is 430 g/mol. The molecule has 1 aliphatic heterocycles. The summed E-state index contributed by atoms with van der Waals surface area (Å²) in [5, 5.41) is 2.33. The number of hydrogen-bond donors (Lipinski definition) is 1. The molecule has 5 rings (SSSR count). The second-order valence-corrected chi connectivity index (χ2v) is 9.78. The van der Waals surface area contributed by atoms with Crippen molar-refractivity contribution in [2.45, 2.75) is 39.0 Å². The molecule has 0 atom stereocenters. The van der Waals surface area contributed by atoms with E-state index in [0.29, 0.717) is 12.3 Å². The molecule has 158 valence electrons. The Morgan fingerprint density at radius 1 is 1.10 bits per heavy atom. The van der Waals surface area contributed by atoms with Crippen LogP contribution in [0.5, 0.6) is 0 Å². The van der Waals surface area contributed by atoms with E-state index >= 15 is 0 Å². The monoisotopic (exact) mass is 429 g/mol. The maximum Gasteiger partial charge on any atom is 0.227 e. The summed E-state index contributed by atoms with van der Waals surface area (Å²) in [6, 6.07) is 16.9. The van der Waals surface area contributed by atoms with E-state index in [1.807, 2.05) is 11.8 Å². The van der Waals surface area contributed by atoms with Gasteiger partial charge in [0.25, 0.3) is 0 Å². The van der Waals surface area contributed by atoms with E-state index in [4.69, 9.17) is 4.98 Å². The van der Waals surface area contributed by atoms with Gasteiger partial charge in [-0.15, -0.1) is 11.3 Å². The van der Waals surface area contributed by atoms with Crippen LogP contribution in [0.3, 0.4) is 0 Å². The standard InChI is InChI=1S/C26H27N3OS/c1-17-7-9-20(10-8-17)26-24(31-18(2)28-26)15-25(30)29-13-11-19(12-14-29)22-16-27-23-6-4-3-5-21(22)23/h3-10,16,19,27H,11-15H2,1-2H3. The number of aryl methyl sites for hydroxylation is 2. The van der Waals surface area contributed by atoms with Crippen LogP contribution in [-0.2, 0) is 11.2 Å². The summed E-state index contributed by atoms with van der Waals surface area (Å²) in [4.78, 5) is 24.4. The zero-order valence-electron chi connectivity index (χ0n) is 18.0. The second kappa shape index (κ2) is 8.31. The molecule has 4 aromatic rings. The van der Waals surface area contributed by atoms with E-state index in [2.05, 4.69) is 66.6 Å². The van der Waals surface area contributed by atoms with Crippen LogP contribution >= 0.6 is 11.3 Å². The van der Waals surface area contributed by atoms with Crippen molar-refractivity contribution in [3.63, 3.8) is 0 Å². The largest absolute Gasteiger partial charge is 0.361 e. The van der Waals surface area contributed by atoms with Crippen LogP contribution in [0.2, 0.25) is 0 Å². The van der Waals surface area contributed by atoms with Crippen molar-refractivity contribution in [2.75, 3.05) is 13.1 Å². The number of thiazole rings is 1. The molecule has 1 amide bonds. The molecule has 0 aliphatic carbocycles. The Morgan fingerprint density at radius 2 is 1.84 bits per heavy atom. The summed E-state index contributed by atoms with van der Waals surface area (Å²) in [5.41, 5.74) is 5.87. The Bertz CT molecular complexity index is 1210. The SMILES string of the molecule is Cc1ccc(-c2nc(C)sc2CC(=O)N2CCC(c3c[nH]c4ccccc34)CC2)cc1. The summed E-state index contributed by atoms with van der Waals surface area (Å²) in [6.45, 7) is 5.74. The van der Waals surface area contributed by atoms with Gasteiger partial charge in [0.1, 0.15) is 0 Å². The summed E-state index contributed by atoms with van der Waals surface area (Å²) in [5.74, 6) is 0.725. The van der Waals surface area contributed by atoms with Crippen LogP contribution in [0.4, 0.5) is 0 Å². The summed E-state index contributed by atoms with van der Waals surface area (Å²) in [6.07, 6.45) is 4.62. The molecule has 31 heavy (non-hydrogen) atoms. The molecular formula is C26H27N3OS. The molecule has 5 heteroatoms. The highest BCUT2D eigenvalue weighted by Crippen LogP contribution is 2.34. The maximum atomic E-state index is 13.1. The van der Waals surface area contributed by atoms with Crippen LogP contribution in [0.25, 0.3) is 22.2 Å². The maximum absolute atomic E-state index is 13.1. The van der Waals surface area contributed by atoms with Crippen molar-refractivity contribution in [3.05, 3.63) is 75.7 Å². The normalized spacial score (nSPS) is 15.0. The molecule has 1 fully saturated rings. The fraction of sp³-hybridized carbons (Fsp3) is 0.308. The molecule has 2 aromatic carbocycles. The van der Waals surface area contributed by atoms with Gasteiger partial charge in [0.05, 0.1) is 17.1 Å². The topological polar surface area (TPSA) is 49.0 Å². The highest BCUT2D eigenvalue weighted by atomic mass is 32.1. The second-order valence-electron chi connectivity index (χ2n) is 8.49. The molecule has 0 radical (unpaired) electrons. The number of carbonyl (C=O) groups is 1. The number of H-pyrrole nitrogens is 1. The minimum atomic E-state index is 0.217. The molecular weight excluding hydrogens is 402 g/mol. The number of carbonyl (C=O) groups excluding carboxylic acids is 1. The van der Waals surface area contributed by atoms with Crippen LogP contribution < -0.4 is 0 Å². The predicted octanol–water partition coefficient (Wildman–Crippen LogP) is 5.86. The highest BCUT2D eigenvalue weighted by molar-refractivity contribution is 7.12. The van der Waals surface area contributed by atoms with Crippen molar-refractivity contribution in [3.8, 4) is 11.3 Å². The number of aromatic amines is 1. The number of rotatable bonds is 4. The number of amides is 1. The molecule has 2 aromatic heterocycles. The van der Waals surface area contributed by atoms with Crippen LogP contribution in [0.15, 0.2) is 54.7 Å². The van der Waals surface area contributed by atoms with Crippen molar-refractivity contribution >= 4 is 28.1 Å². The lowest BCUT2D eigenvalue weighted by atomic mass is 9.89. The number of nitrogens with one attached hydrogen (secondary N) is 1. The van der Waals surface area contributed by atoms with Gasteiger partial charge in [0.15, 0.2) is 0 Å². The van der Waals surface area contributed by atoms with Gasteiger partial charge < -0.3 is 9.88 Å². The fourth-order valence-corrected chi connectivity index (χ4v) is 5.60. The molecule has 1 aliphatic rings. The highest BCUT2D eigenvalue weighted by Gasteiger charge is 2.26. The molecule has 0 saturated carbocycles. The first-order valence-electron chi connectivity index (χ1n) is 11.0. The van der Waals surface area contributed by atoms with Gasteiger partial charge >= 0.3 is 0 Å². The third kappa shape index (κ3) is 4.02. The number of aromatic nitrogens is 2. The minimum absolute atomic E-state index is 0.217. The Labute approximate surface area is 186 Å². The van der Waals surface area contributed by atoms with E-state index < -0.39 is 0 Å². The van der Waals surface area contributed by atoms with Crippen LogP contribution in [-0.4, -0.2) is 33.9 Å². The van der Waals surface area contributed by atoms with Crippen molar-refractivity contribution in [1.29, 1.82) is 0 Å². The first-order chi connectivity index (χ1) is 15.1. The average Bonchev–Trinajstić information content (AvgIpc) is 3.38. The number of likely N-dealkylation sites (tertiary alicyclic amines) is 1. The smallest absolute Gasteiger partial charge is 0.227 e. The van der Waals surface area contributed by atoms with Gasteiger partial charge in [-0.1, -0.05) is 48.0 Å². The quantitative estimate of drug-likeness (QED) is 0.442. The van der Waals surface area contributed by atoms with Gasteiger partial charge in [-0.25, -0.2) is 4.98 Å². The molecule has 3 heterocycles. The fourth-order valence-electron chi connectivity index (χ4n) is 4.65. The van der Waals surface area contributed by atoms with E-state index in [1.54, 1.807) is 11.3 Å². The molecule has 4 nitrogen and oxygen atoms in total. The summed E-state index contributed by atoms with van der Waals surface area (Å²) < 4.78 is 0. The van der Waals surface area contributed by atoms with Gasteiger partial charge in [0, 0.05) is 40.6 Å². The van der Waals surface area contributed by atoms with Crippen molar-refractivity contribution in [2.24, 2.45) is 0 Å². The van der Waals surface area contributed by atoms with E-state index in [-0.39, 0.29) is 5.91 Å². The Balaban J connectivity index is 1.27. The molecule has 1 saturated heterocycles. The first kappa shape index (κ1) is 20.0.